The van der Waals surface area contributed by atoms with Crippen LogP contribution in [0.15, 0.2) is 53.1 Å². The number of para-hydroxylation sites is 1. The summed E-state index contributed by atoms with van der Waals surface area (Å²) in [6, 6.07) is 14.6. The van der Waals surface area contributed by atoms with Crippen molar-refractivity contribution < 1.29 is 14.1 Å². The fourth-order valence-electron chi connectivity index (χ4n) is 2.58. The number of carbonyl (C=O) groups is 2. The Balaban J connectivity index is 1.58. The van der Waals surface area contributed by atoms with E-state index in [1.165, 1.54) is 0 Å². The molecule has 0 radical (unpaired) electrons. The van der Waals surface area contributed by atoms with Crippen molar-refractivity contribution in [1.82, 2.24) is 16.0 Å². The Kier molecular flexibility index (Phi) is 4.75. The highest BCUT2D eigenvalue weighted by Crippen LogP contribution is 2.22. The van der Waals surface area contributed by atoms with Gasteiger partial charge in [0.25, 0.3) is 5.91 Å². The van der Waals surface area contributed by atoms with E-state index < -0.39 is 0 Å². The highest BCUT2D eigenvalue weighted by Gasteiger charge is 2.15. The molecule has 6 heteroatoms. The van der Waals surface area contributed by atoms with Crippen LogP contribution in [0.1, 0.15) is 42.4 Å². The molecule has 0 saturated carbocycles. The molecule has 0 saturated heterocycles. The van der Waals surface area contributed by atoms with Crippen molar-refractivity contribution in [3.63, 3.8) is 0 Å². The van der Waals surface area contributed by atoms with E-state index in [4.69, 9.17) is 4.52 Å². The zero-order valence-electron chi connectivity index (χ0n) is 15.0. The summed E-state index contributed by atoms with van der Waals surface area (Å²) in [6.07, 6.45) is 0.0141. The summed E-state index contributed by atoms with van der Waals surface area (Å²) >= 11 is 0. The van der Waals surface area contributed by atoms with Crippen LogP contribution in [0.25, 0.3) is 11.0 Å². The Morgan fingerprint density at radius 1 is 1.00 bits per heavy atom. The fourth-order valence-corrected chi connectivity index (χ4v) is 2.58. The van der Waals surface area contributed by atoms with E-state index in [0.29, 0.717) is 16.8 Å². The highest BCUT2D eigenvalue weighted by atomic mass is 16.5. The van der Waals surface area contributed by atoms with Crippen molar-refractivity contribution in [2.24, 2.45) is 0 Å². The van der Waals surface area contributed by atoms with Crippen LogP contribution >= 0.6 is 0 Å². The van der Waals surface area contributed by atoms with E-state index in [2.05, 4.69) is 36.8 Å². The van der Waals surface area contributed by atoms with Gasteiger partial charge in [0, 0.05) is 10.9 Å². The maximum absolute atomic E-state index is 12.2. The monoisotopic (exact) mass is 351 g/mol. The molecule has 0 aliphatic heterocycles. The molecule has 2 amide bonds. The van der Waals surface area contributed by atoms with Crippen molar-refractivity contribution >= 4 is 22.8 Å². The number of rotatable bonds is 3. The fraction of sp³-hybridized carbons (Fsp3) is 0.250. The van der Waals surface area contributed by atoms with E-state index in [1.807, 2.05) is 30.3 Å². The lowest BCUT2D eigenvalue weighted by molar-refractivity contribution is -0.121. The van der Waals surface area contributed by atoms with Crippen molar-refractivity contribution in [1.29, 1.82) is 0 Å². The number of nitrogens with zero attached hydrogens (tertiary/aromatic N) is 1. The maximum atomic E-state index is 12.2. The molecule has 0 aliphatic rings. The van der Waals surface area contributed by atoms with Crippen molar-refractivity contribution in [2.45, 2.75) is 32.6 Å². The number of hydrazine groups is 1. The van der Waals surface area contributed by atoms with Crippen LogP contribution in [0.3, 0.4) is 0 Å². The first-order chi connectivity index (χ1) is 12.3. The van der Waals surface area contributed by atoms with Gasteiger partial charge < -0.3 is 4.52 Å². The Hall–Kier alpha value is -3.15. The lowest BCUT2D eigenvalue weighted by Gasteiger charge is -2.19. The second kappa shape index (κ2) is 7.00. The molecule has 0 spiro atoms. The van der Waals surface area contributed by atoms with Gasteiger partial charge in [-0.15, -0.1) is 0 Å². The molecular weight excluding hydrogens is 330 g/mol. The summed E-state index contributed by atoms with van der Waals surface area (Å²) in [5.74, 6) is -0.743. The lowest BCUT2D eigenvalue weighted by atomic mass is 9.87. The second-order valence-electron chi connectivity index (χ2n) is 7.13. The minimum atomic E-state index is -0.372. The minimum Gasteiger partial charge on any atom is -0.356 e. The van der Waals surface area contributed by atoms with Gasteiger partial charge in [-0.3, -0.25) is 20.4 Å². The van der Waals surface area contributed by atoms with Gasteiger partial charge in [0.05, 0.1) is 6.42 Å². The molecule has 0 unspecified atom stereocenters. The number of nitrogens with one attached hydrogen (secondary N) is 2. The molecule has 3 rings (SSSR count). The number of hydrogen-bond acceptors (Lipinski definition) is 4. The first-order valence-electron chi connectivity index (χ1n) is 8.37. The first-order valence-corrected chi connectivity index (χ1v) is 8.37. The highest BCUT2D eigenvalue weighted by molar-refractivity contribution is 5.95. The Morgan fingerprint density at radius 2 is 1.69 bits per heavy atom. The maximum Gasteiger partial charge on any atom is 0.269 e. The molecule has 134 valence electrons. The molecule has 3 aromatic rings. The van der Waals surface area contributed by atoms with E-state index in [9.17, 15) is 9.59 Å². The van der Waals surface area contributed by atoms with Crippen LogP contribution < -0.4 is 10.9 Å². The number of aromatic nitrogens is 1. The van der Waals surface area contributed by atoms with Crippen LogP contribution in [0.4, 0.5) is 0 Å². The summed E-state index contributed by atoms with van der Waals surface area (Å²) in [7, 11) is 0. The van der Waals surface area contributed by atoms with Crippen LogP contribution in [-0.2, 0) is 16.6 Å². The summed E-state index contributed by atoms with van der Waals surface area (Å²) in [6.45, 7) is 6.32. The standard InChI is InChI=1S/C20H21N3O3/c1-20(2,3)14-10-8-13(9-11-14)19(25)22-21-18(24)12-16-15-6-4-5-7-17(15)26-23-16/h4-11H,12H2,1-3H3,(H,21,24)(H,22,25). The van der Waals surface area contributed by atoms with Crippen molar-refractivity contribution in [2.75, 3.05) is 0 Å². The van der Waals surface area contributed by atoms with Gasteiger partial charge in [-0.25, -0.2) is 0 Å². The van der Waals surface area contributed by atoms with Crippen LogP contribution in [0.2, 0.25) is 0 Å². The molecule has 0 bridgehead atoms. The third kappa shape index (κ3) is 3.91. The third-order valence-corrected chi connectivity index (χ3v) is 4.11. The topological polar surface area (TPSA) is 84.2 Å². The van der Waals surface area contributed by atoms with Crippen LogP contribution in [0.5, 0.6) is 0 Å². The minimum absolute atomic E-state index is 0.0141. The van der Waals surface area contributed by atoms with Gasteiger partial charge in [-0.1, -0.05) is 50.2 Å². The lowest BCUT2D eigenvalue weighted by Crippen LogP contribution is -2.42. The predicted molar refractivity (Wildman–Crippen MR) is 98.5 cm³/mol. The Bertz CT molecular complexity index is 937. The molecule has 1 heterocycles. The van der Waals surface area contributed by atoms with E-state index in [0.717, 1.165) is 10.9 Å². The van der Waals surface area contributed by atoms with Gasteiger partial charge in [0.2, 0.25) is 5.91 Å². The average Bonchev–Trinajstić information content (AvgIpc) is 3.02. The van der Waals surface area contributed by atoms with E-state index in [1.54, 1.807) is 18.2 Å². The molecule has 2 aromatic carbocycles. The first kappa shape index (κ1) is 17.7. The number of amides is 2. The van der Waals surface area contributed by atoms with Gasteiger partial charge in [-0.2, -0.15) is 0 Å². The third-order valence-electron chi connectivity index (χ3n) is 4.11. The van der Waals surface area contributed by atoms with E-state index >= 15 is 0 Å². The normalized spacial score (nSPS) is 11.3. The number of fused-ring (bicyclic) bond motifs is 1. The summed E-state index contributed by atoms with van der Waals surface area (Å²) < 4.78 is 5.17. The molecule has 0 atom stereocenters. The van der Waals surface area contributed by atoms with Crippen molar-refractivity contribution in [3.05, 3.63) is 65.4 Å². The van der Waals surface area contributed by atoms with Crippen LogP contribution in [-0.4, -0.2) is 17.0 Å². The number of hydrogen-bond donors (Lipinski definition) is 2. The molecule has 26 heavy (non-hydrogen) atoms. The Labute approximate surface area is 151 Å². The number of benzene rings is 2. The Morgan fingerprint density at radius 3 is 2.38 bits per heavy atom. The van der Waals surface area contributed by atoms with Crippen molar-refractivity contribution in [3.8, 4) is 0 Å². The molecule has 2 N–H and O–H groups in total. The largest absolute Gasteiger partial charge is 0.356 e. The predicted octanol–water partition coefficient (Wildman–Crippen LogP) is 3.13. The van der Waals surface area contributed by atoms with Gasteiger partial charge in [-0.05, 0) is 35.2 Å². The average molecular weight is 351 g/mol. The molecule has 0 fully saturated rings. The zero-order chi connectivity index (χ0) is 18.7. The smallest absolute Gasteiger partial charge is 0.269 e. The summed E-state index contributed by atoms with van der Waals surface area (Å²) in [4.78, 5) is 24.2. The van der Waals surface area contributed by atoms with Gasteiger partial charge >= 0.3 is 0 Å². The van der Waals surface area contributed by atoms with Gasteiger partial charge in [0.1, 0.15) is 5.69 Å². The molecule has 6 nitrogen and oxygen atoms in total. The number of carbonyl (C=O) groups excluding carboxylic acids is 2. The quantitative estimate of drug-likeness (QED) is 0.710. The summed E-state index contributed by atoms with van der Waals surface area (Å²) in [5, 5.41) is 4.69. The zero-order valence-corrected chi connectivity index (χ0v) is 15.0. The molecular formula is C20H21N3O3. The SMILES string of the molecule is CC(C)(C)c1ccc(C(=O)NNC(=O)Cc2noc3ccccc23)cc1. The molecule has 1 aromatic heterocycles. The van der Waals surface area contributed by atoms with Gasteiger partial charge in [0.15, 0.2) is 5.58 Å². The molecule has 0 aliphatic carbocycles. The van der Waals surface area contributed by atoms with Crippen LogP contribution in [0, 0.1) is 0 Å². The van der Waals surface area contributed by atoms with E-state index in [-0.39, 0.29) is 23.7 Å². The summed E-state index contributed by atoms with van der Waals surface area (Å²) in [5.41, 5.74) is 7.61. The second-order valence-corrected chi connectivity index (χ2v) is 7.13.